The Morgan fingerprint density at radius 2 is 2.06 bits per heavy atom. The van der Waals surface area contributed by atoms with Crippen LogP contribution in [0.3, 0.4) is 0 Å². The van der Waals surface area contributed by atoms with Crippen molar-refractivity contribution < 1.29 is 18.0 Å². The van der Waals surface area contributed by atoms with Crippen LogP contribution in [-0.2, 0) is 0 Å². The van der Waals surface area contributed by atoms with E-state index in [0.29, 0.717) is 4.90 Å². The predicted octanol–water partition coefficient (Wildman–Crippen LogP) is 2.54. The Labute approximate surface area is 107 Å². The van der Waals surface area contributed by atoms with E-state index in [2.05, 4.69) is 9.97 Å². The van der Waals surface area contributed by atoms with Crippen LogP contribution in [-0.4, -0.2) is 39.5 Å². The number of hydrogen-bond acceptors (Lipinski definition) is 3. The summed E-state index contributed by atoms with van der Waals surface area (Å²) in [6.07, 6.45) is -2.19. The lowest BCUT2D eigenvalue weighted by atomic mass is 10.2. The second kappa shape index (κ2) is 5.51. The van der Waals surface area contributed by atoms with Crippen molar-refractivity contribution in [2.24, 2.45) is 0 Å². The molecule has 0 atom stereocenters. The maximum atomic E-state index is 12.4. The molecule has 0 saturated carbocycles. The second-order valence-corrected chi connectivity index (χ2v) is 4.26. The fourth-order valence-electron chi connectivity index (χ4n) is 1.27. The first kappa shape index (κ1) is 14.7. The number of aromatic nitrogens is 2. The van der Waals surface area contributed by atoms with Crippen LogP contribution in [0, 0.1) is 0 Å². The molecule has 100 valence electrons. The molecule has 0 bridgehead atoms. The molecule has 18 heavy (non-hydrogen) atoms. The Hall–Kier alpha value is -1.37. The summed E-state index contributed by atoms with van der Waals surface area (Å²) < 4.78 is 37.1. The number of hydrogen-bond donors (Lipinski definition) is 0. The van der Waals surface area contributed by atoms with Crippen molar-refractivity contribution in [3.8, 4) is 0 Å². The normalized spacial score (nSPS) is 11.7. The number of halogens is 4. The molecule has 0 aliphatic carbocycles. The third-order valence-electron chi connectivity index (χ3n) is 2.06. The summed E-state index contributed by atoms with van der Waals surface area (Å²) in [5.74, 6) is -0.850. The third-order valence-corrected chi connectivity index (χ3v) is 2.24. The first-order valence-corrected chi connectivity index (χ1v) is 5.44. The molecule has 0 aliphatic heterocycles. The maximum absolute atomic E-state index is 12.4. The highest BCUT2D eigenvalue weighted by Gasteiger charge is 2.35. The van der Waals surface area contributed by atoms with E-state index in [4.69, 9.17) is 11.6 Å². The average molecular weight is 282 g/mol. The van der Waals surface area contributed by atoms with Crippen molar-refractivity contribution in [1.29, 1.82) is 0 Å². The summed E-state index contributed by atoms with van der Waals surface area (Å²) in [7, 11) is 0. The van der Waals surface area contributed by atoms with E-state index in [1.807, 2.05) is 0 Å². The molecular weight excluding hydrogens is 271 g/mol. The van der Waals surface area contributed by atoms with E-state index in [1.54, 1.807) is 0 Å². The van der Waals surface area contributed by atoms with Crippen LogP contribution in [0.15, 0.2) is 12.4 Å². The van der Waals surface area contributed by atoms with Crippen molar-refractivity contribution in [2.75, 3.05) is 6.54 Å². The largest absolute Gasteiger partial charge is 0.406 e. The smallest absolute Gasteiger partial charge is 0.326 e. The van der Waals surface area contributed by atoms with E-state index in [0.717, 1.165) is 6.20 Å². The van der Waals surface area contributed by atoms with Crippen LogP contribution in [0.2, 0.25) is 5.15 Å². The highest BCUT2D eigenvalue weighted by molar-refractivity contribution is 6.29. The average Bonchev–Trinajstić information content (AvgIpc) is 2.23. The van der Waals surface area contributed by atoms with Crippen LogP contribution in [0.5, 0.6) is 0 Å². The zero-order chi connectivity index (χ0) is 13.9. The fourth-order valence-corrected chi connectivity index (χ4v) is 1.42. The van der Waals surface area contributed by atoms with Gasteiger partial charge in [-0.3, -0.25) is 9.78 Å². The van der Waals surface area contributed by atoms with E-state index in [9.17, 15) is 18.0 Å². The van der Waals surface area contributed by atoms with Gasteiger partial charge in [0.2, 0.25) is 0 Å². The highest BCUT2D eigenvalue weighted by atomic mass is 35.5. The molecule has 0 aliphatic rings. The Kier molecular flexibility index (Phi) is 4.50. The van der Waals surface area contributed by atoms with Crippen LogP contribution in [0.1, 0.15) is 24.3 Å². The highest BCUT2D eigenvalue weighted by Crippen LogP contribution is 2.19. The van der Waals surface area contributed by atoms with Crippen molar-refractivity contribution in [3.05, 3.63) is 23.2 Å². The number of carbonyl (C=O) groups excluding carboxylic acids is 1. The lowest BCUT2D eigenvalue weighted by molar-refractivity contribution is -0.143. The maximum Gasteiger partial charge on any atom is 0.406 e. The minimum atomic E-state index is -4.47. The van der Waals surface area contributed by atoms with Gasteiger partial charge in [-0.2, -0.15) is 13.2 Å². The summed E-state index contributed by atoms with van der Waals surface area (Å²) in [6.45, 7) is 1.64. The van der Waals surface area contributed by atoms with Gasteiger partial charge in [0.1, 0.15) is 17.4 Å². The van der Waals surface area contributed by atoms with Crippen molar-refractivity contribution in [3.63, 3.8) is 0 Å². The first-order chi connectivity index (χ1) is 8.20. The zero-order valence-electron chi connectivity index (χ0n) is 9.70. The van der Waals surface area contributed by atoms with Gasteiger partial charge in [-0.05, 0) is 13.8 Å². The quantitative estimate of drug-likeness (QED) is 0.855. The number of carbonyl (C=O) groups is 1. The predicted molar refractivity (Wildman–Crippen MR) is 59.3 cm³/mol. The zero-order valence-corrected chi connectivity index (χ0v) is 10.5. The molecule has 8 heteroatoms. The Balaban J connectivity index is 2.97. The minimum absolute atomic E-state index is 0.0448. The van der Waals surface area contributed by atoms with Gasteiger partial charge < -0.3 is 4.90 Å². The summed E-state index contributed by atoms with van der Waals surface area (Å²) in [6, 6.07) is -0.611. The molecule has 1 amide bonds. The van der Waals surface area contributed by atoms with Crippen LogP contribution in [0.4, 0.5) is 13.2 Å². The first-order valence-electron chi connectivity index (χ1n) is 5.06. The van der Waals surface area contributed by atoms with Gasteiger partial charge in [0.05, 0.1) is 12.4 Å². The van der Waals surface area contributed by atoms with Crippen molar-refractivity contribution in [2.45, 2.75) is 26.1 Å². The Morgan fingerprint density at radius 3 is 2.50 bits per heavy atom. The second-order valence-electron chi connectivity index (χ2n) is 3.87. The van der Waals surface area contributed by atoms with E-state index in [1.165, 1.54) is 20.0 Å². The molecule has 4 nitrogen and oxygen atoms in total. The van der Waals surface area contributed by atoms with Gasteiger partial charge in [0.25, 0.3) is 5.91 Å². The Morgan fingerprint density at radius 1 is 1.44 bits per heavy atom. The van der Waals surface area contributed by atoms with Gasteiger partial charge in [0, 0.05) is 6.04 Å². The topological polar surface area (TPSA) is 46.1 Å². The molecule has 0 radical (unpaired) electrons. The third kappa shape index (κ3) is 4.14. The van der Waals surface area contributed by atoms with E-state index >= 15 is 0 Å². The van der Waals surface area contributed by atoms with Crippen molar-refractivity contribution >= 4 is 17.5 Å². The molecular formula is C10H11ClF3N3O. The SMILES string of the molecule is CC(C)N(CC(F)(F)F)C(=O)c1cncc(Cl)n1. The lowest BCUT2D eigenvalue weighted by Crippen LogP contribution is -2.43. The van der Waals surface area contributed by atoms with Crippen molar-refractivity contribution in [1.82, 2.24) is 14.9 Å². The fraction of sp³-hybridized carbons (Fsp3) is 0.500. The molecule has 1 heterocycles. The van der Waals surface area contributed by atoms with E-state index in [-0.39, 0.29) is 10.8 Å². The number of alkyl halides is 3. The lowest BCUT2D eigenvalue weighted by Gasteiger charge is -2.27. The molecule has 0 spiro atoms. The number of nitrogens with zero attached hydrogens (tertiary/aromatic N) is 3. The van der Waals surface area contributed by atoms with Gasteiger partial charge in [0.15, 0.2) is 0 Å². The van der Waals surface area contributed by atoms with Gasteiger partial charge in [-0.1, -0.05) is 11.6 Å². The summed E-state index contributed by atoms with van der Waals surface area (Å²) in [5, 5.41) is -0.0448. The minimum Gasteiger partial charge on any atom is -0.326 e. The monoisotopic (exact) mass is 281 g/mol. The van der Waals surface area contributed by atoms with Gasteiger partial charge in [-0.15, -0.1) is 0 Å². The van der Waals surface area contributed by atoms with Crippen LogP contribution < -0.4 is 0 Å². The standard InChI is InChI=1S/C10H11ClF3N3O/c1-6(2)17(5-10(12,13)14)9(18)7-3-15-4-8(11)16-7/h3-4,6H,5H2,1-2H3. The molecule has 0 N–H and O–H groups in total. The molecule has 1 aromatic rings. The summed E-state index contributed by atoms with van der Waals surface area (Å²) >= 11 is 5.54. The van der Waals surface area contributed by atoms with Crippen LogP contribution in [0.25, 0.3) is 0 Å². The summed E-state index contributed by atoms with van der Waals surface area (Å²) in [4.78, 5) is 19.8. The van der Waals surface area contributed by atoms with E-state index < -0.39 is 24.7 Å². The Bertz CT molecular complexity index is 437. The summed E-state index contributed by atoms with van der Waals surface area (Å²) in [5.41, 5.74) is -0.208. The molecule has 0 fully saturated rings. The molecule has 1 aromatic heterocycles. The van der Waals surface area contributed by atoms with Gasteiger partial charge >= 0.3 is 6.18 Å². The molecule has 0 saturated heterocycles. The number of rotatable bonds is 3. The molecule has 0 unspecified atom stereocenters. The molecule has 0 aromatic carbocycles. The molecule has 1 rings (SSSR count). The van der Waals surface area contributed by atoms with Gasteiger partial charge in [-0.25, -0.2) is 4.98 Å². The number of amides is 1. The van der Waals surface area contributed by atoms with Crippen LogP contribution >= 0.6 is 11.6 Å².